The topological polar surface area (TPSA) is 50.4 Å². The molecule has 18 heavy (non-hydrogen) atoms. The molecule has 0 aromatic heterocycles. The van der Waals surface area contributed by atoms with Gasteiger partial charge in [-0.25, -0.2) is 0 Å². The van der Waals surface area contributed by atoms with Crippen LogP contribution in [-0.2, 0) is 9.53 Å². The van der Waals surface area contributed by atoms with Crippen LogP contribution in [0.5, 0.6) is 0 Å². The zero-order chi connectivity index (χ0) is 12.1. The van der Waals surface area contributed by atoms with Crippen LogP contribution in [0.3, 0.4) is 0 Å². The van der Waals surface area contributed by atoms with E-state index in [1.165, 1.54) is 0 Å². The first-order valence-corrected chi connectivity index (χ1v) is 6.80. The van der Waals surface area contributed by atoms with Crippen molar-refractivity contribution < 1.29 is 9.53 Å². The second-order valence-electron chi connectivity index (χ2n) is 5.55. The van der Waals surface area contributed by atoms with Gasteiger partial charge in [0.05, 0.1) is 5.41 Å². The summed E-state index contributed by atoms with van der Waals surface area (Å²) < 4.78 is 5.41. The Bertz CT molecular complexity index is 260. The third-order valence-electron chi connectivity index (χ3n) is 3.93. The molecule has 0 aliphatic carbocycles. The van der Waals surface area contributed by atoms with E-state index in [1.54, 1.807) is 0 Å². The maximum atomic E-state index is 12.3. The van der Waals surface area contributed by atoms with E-state index in [-0.39, 0.29) is 23.7 Å². The van der Waals surface area contributed by atoms with Crippen LogP contribution in [0.2, 0.25) is 0 Å². The molecule has 0 saturated carbocycles. The lowest BCUT2D eigenvalue weighted by Gasteiger charge is -2.34. The Balaban J connectivity index is 0.00000162. The molecule has 2 heterocycles. The quantitative estimate of drug-likeness (QED) is 0.803. The fraction of sp³-hybridized carbons (Fsp3) is 0.923. The number of nitrogens with one attached hydrogen (secondary N) is 2. The zero-order valence-corrected chi connectivity index (χ0v) is 12.0. The summed E-state index contributed by atoms with van der Waals surface area (Å²) in [6, 6.07) is 0.309. The SMILES string of the molecule is CC1(C(=O)NC2CCCOCC2)CCCNC1.Cl. The van der Waals surface area contributed by atoms with Gasteiger partial charge in [-0.15, -0.1) is 12.4 Å². The first-order chi connectivity index (χ1) is 8.21. The van der Waals surface area contributed by atoms with Crippen molar-refractivity contribution in [2.24, 2.45) is 5.41 Å². The van der Waals surface area contributed by atoms with Gasteiger partial charge in [0.2, 0.25) is 5.91 Å². The molecule has 2 rings (SSSR count). The molecule has 0 aromatic carbocycles. The van der Waals surface area contributed by atoms with Gasteiger partial charge in [-0.1, -0.05) is 0 Å². The Kier molecular flexibility index (Phi) is 6.39. The summed E-state index contributed by atoms with van der Waals surface area (Å²) in [5.74, 6) is 0.219. The molecule has 2 fully saturated rings. The molecule has 4 nitrogen and oxygen atoms in total. The van der Waals surface area contributed by atoms with E-state index in [1.807, 2.05) is 0 Å². The molecule has 5 heteroatoms. The average molecular weight is 277 g/mol. The van der Waals surface area contributed by atoms with E-state index in [4.69, 9.17) is 4.74 Å². The highest BCUT2D eigenvalue weighted by Crippen LogP contribution is 2.26. The van der Waals surface area contributed by atoms with Crippen LogP contribution in [0.15, 0.2) is 0 Å². The van der Waals surface area contributed by atoms with Gasteiger partial charge >= 0.3 is 0 Å². The van der Waals surface area contributed by atoms with Crippen LogP contribution in [0.25, 0.3) is 0 Å². The molecule has 2 N–H and O–H groups in total. The molecule has 0 radical (unpaired) electrons. The Morgan fingerprint density at radius 3 is 2.89 bits per heavy atom. The molecular formula is C13H25ClN2O2. The van der Waals surface area contributed by atoms with Gasteiger partial charge in [0.15, 0.2) is 0 Å². The Morgan fingerprint density at radius 1 is 1.33 bits per heavy atom. The van der Waals surface area contributed by atoms with Crippen molar-refractivity contribution in [1.29, 1.82) is 0 Å². The first-order valence-electron chi connectivity index (χ1n) is 6.80. The Labute approximate surface area is 116 Å². The summed E-state index contributed by atoms with van der Waals surface area (Å²) in [5, 5.41) is 6.53. The molecule has 0 bridgehead atoms. The number of ether oxygens (including phenoxy) is 1. The largest absolute Gasteiger partial charge is 0.381 e. The fourth-order valence-corrected chi connectivity index (χ4v) is 2.66. The van der Waals surface area contributed by atoms with Gasteiger partial charge < -0.3 is 15.4 Å². The van der Waals surface area contributed by atoms with E-state index >= 15 is 0 Å². The maximum absolute atomic E-state index is 12.3. The number of hydrogen-bond acceptors (Lipinski definition) is 3. The number of hydrogen-bond donors (Lipinski definition) is 2. The van der Waals surface area contributed by atoms with E-state index in [2.05, 4.69) is 17.6 Å². The highest BCUT2D eigenvalue weighted by atomic mass is 35.5. The average Bonchev–Trinajstić information content (AvgIpc) is 2.58. The molecule has 0 aromatic rings. The van der Waals surface area contributed by atoms with Crippen molar-refractivity contribution in [1.82, 2.24) is 10.6 Å². The minimum absolute atomic E-state index is 0. The van der Waals surface area contributed by atoms with Crippen molar-refractivity contribution in [2.45, 2.75) is 45.1 Å². The Morgan fingerprint density at radius 2 is 2.17 bits per heavy atom. The van der Waals surface area contributed by atoms with Crippen LogP contribution in [-0.4, -0.2) is 38.3 Å². The summed E-state index contributed by atoms with van der Waals surface area (Å²) in [4.78, 5) is 12.3. The third kappa shape index (κ3) is 4.11. The number of piperidine rings is 1. The van der Waals surface area contributed by atoms with E-state index in [0.29, 0.717) is 6.04 Å². The second-order valence-corrected chi connectivity index (χ2v) is 5.55. The summed E-state index contributed by atoms with van der Waals surface area (Å²) >= 11 is 0. The molecule has 2 unspecified atom stereocenters. The summed E-state index contributed by atoms with van der Waals surface area (Å²) in [6.45, 7) is 5.54. The van der Waals surface area contributed by atoms with Crippen LogP contribution in [0, 0.1) is 5.41 Å². The summed E-state index contributed by atoms with van der Waals surface area (Å²) in [6.07, 6.45) is 5.15. The van der Waals surface area contributed by atoms with Crippen LogP contribution in [0.4, 0.5) is 0 Å². The third-order valence-corrected chi connectivity index (χ3v) is 3.93. The van der Waals surface area contributed by atoms with Gasteiger partial charge in [0, 0.05) is 25.8 Å². The molecule has 106 valence electrons. The van der Waals surface area contributed by atoms with Crippen LogP contribution in [0.1, 0.15) is 39.0 Å². The first kappa shape index (κ1) is 15.7. The summed E-state index contributed by atoms with van der Waals surface area (Å²) in [7, 11) is 0. The number of rotatable bonds is 2. The lowest BCUT2D eigenvalue weighted by molar-refractivity contribution is -0.131. The van der Waals surface area contributed by atoms with Crippen LogP contribution < -0.4 is 10.6 Å². The minimum Gasteiger partial charge on any atom is -0.381 e. The maximum Gasteiger partial charge on any atom is 0.227 e. The lowest BCUT2D eigenvalue weighted by atomic mass is 9.81. The van der Waals surface area contributed by atoms with Crippen molar-refractivity contribution in [2.75, 3.05) is 26.3 Å². The van der Waals surface area contributed by atoms with E-state index < -0.39 is 0 Å². The van der Waals surface area contributed by atoms with Gasteiger partial charge in [0.25, 0.3) is 0 Å². The van der Waals surface area contributed by atoms with E-state index in [0.717, 1.165) is 58.4 Å². The lowest BCUT2D eigenvalue weighted by Crippen LogP contribution is -2.51. The molecule has 2 aliphatic rings. The molecule has 2 atom stereocenters. The highest BCUT2D eigenvalue weighted by Gasteiger charge is 2.35. The molecule has 0 spiro atoms. The Hall–Kier alpha value is -0.320. The number of amides is 1. The number of carbonyl (C=O) groups excluding carboxylic acids is 1. The normalized spacial score (nSPS) is 33.1. The van der Waals surface area contributed by atoms with Gasteiger partial charge in [-0.3, -0.25) is 4.79 Å². The smallest absolute Gasteiger partial charge is 0.227 e. The predicted molar refractivity (Wildman–Crippen MR) is 74.1 cm³/mol. The van der Waals surface area contributed by atoms with Gasteiger partial charge in [-0.05, 0) is 45.6 Å². The molecular weight excluding hydrogens is 252 g/mol. The van der Waals surface area contributed by atoms with Gasteiger partial charge in [-0.2, -0.15) is 0 Å². The van der Waals surface area contributed by atoms with Crippen molar-refractivity contribution in [3.05, 3.63) is 0 Å². The number of halogens is 1. The predicted octanol–water partition coefficient (Wildman–Crippen LogP) is 1.48. The van der Waals surface area contributed by atoms with Crippen molar-refractivity contribution in [3.8, 4) is 0 Å². The standard InChI is InChI=1S/C13H24N2O2.ClH/c1-13(6-3-7-14-10-13)12(16)15-11-4-2-8-17-9-5-11;/h11,14H,2-10H2,1H3,(H,15,16);1H. The number of carbonyl (C=O) groups is 1. The van der Waals surface area contributed by atoms with Crippen molar-refractivity contribution in [3.63, 3.8) is 0 Å². The zero-order valence-electron chi connectivity index (χ0n) is 11.2. The minimum atomic E-state index is -0.217. The fourth-order valence-electron chi connectivity index (χ4n) is 2.66. The monoisotopic (exact) mass is 276 g/mol. The summed E-state index contributed by atoms with van der Waals surface area (Å²) in [5.41, 5.74) is -0.217. The van der Waals surface area contributed by atoms with Gasteiger partial charge in [0.1, 0.15) is 0 Å². The van der Waals surface area contributed by atoms with Crippen molar-refractivity contribution >= 4 is 18.3 Å². The molecule has 1 amide bonds. The molecule has 2 saturated heterocycles. The highest BCUT2D eigenvalue weighted by molar-refractivity contribution is 5.85. The second kappa shape index (κ2) is 7.31. The van der Waals surface area contributed by atoms with Crippen LogP contribution >= 0.6 is 12.4 Å². The molecule has 2 aliphatic heterocycles. The van der Waals surface area contributed by atoms with E-state index in [9.17, 15) is 4.79 Å².